The van der Waals surface area contributed by atoms with Crippen LogP contribution in [0.15, 0.2) is 6.33 Å². The first kappa shape index (κ1) is 9.55. The van der Waals surface area contributed by atoms with Gasteiger partial charge in [0.2, 0.25) is 5.13 Å². The maximum Gasteiger partial charge on any atom is 0.202 e. The molecule has 1 N–H and O–H groups in total. The molecule has 0 amide bonds. The van der Waals surface area contributed by atoms with E-state index in [4.69, 9.17) is 0 Å². The highest BCUT2D eigenvalue weighted by atomic mass is 32.1. The van der Waals surface area contributed by atoms with Crippen LogP contribution >= 0.6 is 11.5 Å². The normalized spacial score (nSPS) is 7.30. The predicted octanol–water partition coefficient (Wildman–Crippen LogP) is -0.563. The first-order chi connectivity index (χ1) is 4.85. The van der Waals surface area contributed by atoms with Crippen LogP contribution in [0.5, 0.6) is 0 Å². The molecule has 0 atom stereocenters. The largest absolute Gasteiger partial charge is 0.363 e. The molecule has 10 heavy (non-hydrogen) atoms. The average molecular weight is 148 g/mol. The van der Waals surface area contributed by atoms with Crippen molar-refractivity contribution in [2.45, 2.75) is 0 Å². The van der Waals surface area contributed by atoms with E-state index in [2.05, 4.69) is 30.1 Å². The first-order valence-corrected chi connectivity index (χ1v) is 3.32. The Balaban J connectivity index is 0.000000236. The molecule has 1 aromatic rings. The summed E-state index contributed by atoms with van der Waals surface area (Å²) in [5, 5.41) is 3.71. The maximum atomic E-state index is 4.50. The smallest absolute Gasteiger partial charge is 0.202 e. The van der Waals surface area contributed by atoms with Gasteiger partial charge in [0, 0.05) is 41.1 Å². The molecule has 0 saturated carbocycles. The molecule has 1 aromatic heterocycles. The Hall–Kier alpha value is -0.445. The van der Waals surface area contributed by atoms with Crippen LogP contribution < -0.4 is 5.32 Å². The maximum absolute atomic E-state index is 4.50. The Kier molecular flexibility index (Phi) is 6.37. The van der Waals surface area contributed by atoms with Crippen molar-refractivity contribution in [1.82, 2.24) is 9.36 Å². The number of rotatable bonds is 1. The highest BCUT2D eigenvalue weighted by Gasteiger charge is 1.84. The lowest BCUT2D eigenvalue weighted by molar-refractivity contribution is 1.31. The highest BCUT2D eigenvalue weighted by Crippen LogP contribution is 2.02. The number of hydrogen-bond acceptors (Lipinski definition) is 4. The van der Waals surface area contributed by atoms with E-state index in [1.165, 1.54) is 17.9 Å². The van der Waals surface area contributed by atoms with Crippen LogP contribution in [-0.4, -0.2) is 38.9 Å². The van der Waals surface area contributed by atoms with Crippen LogP contribution in [0.2, 0.25) is 0 Å². The van der Waals surface area contributed by atoms with Crippen LogP contribution in [0.25, 0.3) is 0 Å². The van der Waals surface area contributed by atoms with Gasteiger partial charge in [-0.2, -0.15) is 4.37 Å². The van der Waals surface area contributed by atoms with E-state index in [1.807, 2.05) is 7.05 Å². The summed E-state index contributed by atoms with van der Waals surface area (Å²) in [5.41, 5.74) is 0. The van der Waals surface area contributed by atoms with Gasteiger partial charge in [0.1, 0.15) is 6.33 Å². The zero-order valence-corrected chi connectivity index (χ0v) is 6.43. The molecule has 0 aromatic carbocycles. The molecule has 0 spiro atoms. The van der Waals surface area contributed by atoms with E-state index in [1.54, 1.807) is 0 Å². The summed E-state index contributed by atoms with van der Waals surface area (Å²) in [6.07, 6.45) is 1.52. The van der Waals surface area contributed by atoms with Gasteiger partial charge >= 0.3 is 0 Å². The lowest BCUT2D eigenvalue weighted by Gasteiger charge is -1.82. The predicted molar refractivity (Wildman–Crippen MR) is 46.7 cm³/mol. The Morgan fingerprint density at radius 2 is 2.30 bits per heavy atom. The highest BCUT2D eigenvalue weighted by molar-refractivity contribution is 7.17. The third-order valence-corrected chi connectivity index (χ3v) is 1.26. The summed E-state index contributed by atoms with van der Waals surface area (Å²) in [5.74, 6) is 0. The number of nitrogens with zero attached hydrogens (tertiary/aromatic N) is 2. The lowest BCUT2D eigenvalue weighted by Crippen LogP contribution is -1.83. The molecule has 7 heteroatoms. The topological polar surface area (TPSA) is 37.8 Å². The van der Waals surface area contributed by atoms with E-state index in [9.17, 15) is 0 Å². The van der Waals surface area contributed by atoms with Crippen LogP contribution in [0.3, 0.4) is 0 Å². The second-order valence-electron chi connectivity index (χ2n) is 1.19. The summed E-state index contributed by atoms with van der Waals surface area (Å²) in [7, 11) is 11.8. The van der Waals surface area contributed by atoms with Crippen LogP contribution in [0.4, 0.5) is 5.13 Å². The third-order valence-electron chi connectivity index (χ3n) is 0.575. The van der Waals surface area contributed by atoms with E-state index in [0.29, 0.717) is 0 Å². The molecule has 3 nitrogen and oxygen atoms in total. The quantitative estimate of drug-likeness (QED) is 0.541. The molecule has 1 heterocycles. The van der Waals surface area contributed by atoms with E-state index < -0.39 is 0 Å². The SMILES string of the molecule is CNc1ncns1.[B][B][B]. The van der Waals surface area contributed by atoms with Gasteiger partial charge in [-0.3, -0.25) is 0 Å². The first-order valence-electron chi connectivity index (χ1n) is 2.54. The van der Waals surface area contributed by atoms with Gasteiger partial charge in [0.15, 0.2) is 0 Å². The molecule has 0 aliphatic carbocycles. The summed E-state index contributed by atoms with van der Waals surface area (Å²) < 4.78 is 3.76. The van der Waals surface area contributed by atoms with Crippen molar-refractivity contribution in [2.75, 3.05) is 12.4 Å². The molecule has 0 aliphatic heterocycles. The molecule has 0 bridgehead atoms. The van der Waals surface area contributed by atoms with Crippen LogP contribution in [-0.2, 0) is 0 Å². The Labute approximate surface area is 67.8 Å². The second-order valence-corrected chi connectivity index (χ2v) is 1.97. The summed E-state index contributed by atoms with van der Waals surface area (Å²) >= 11 is 1.35. The Morgan fingerprint density at radius 1 is 1.70 bits per heavy atom. The minimum Gasteiger partial charge on any atom is -0.363 e. The number of hydrogen-bond donors (Lipinski definition) is 1. The van der Waals surface area contributed by atoms with Crippen molar-refractivity contribution < 1.29 is 0 Å². The van der Waals surface area contributed by atoms with Crippen molar-refractivity contribution in [2.24, 2.45) is 0 Å². The van der Waals surface area contributed by atoms with Crippen molar-refractivity contribution in [1.29, 1.82) is 0 Å². The van der Waals surface area contributed by atoms with Gasteiger partial charge in [-0.15, -0.1) is 0 Å². The molecule has 0 saturated heterocycles. The van der Waals surface area contributed by atoms with Gasteiger partial charge in [0.05, 0.1) is 0 Å². The van der Waals surface area contributed by atoms with Gasteiger partial charge in [-0.05, 0) is 0 Å². The van der Waals surface area contributed by atoms with E-state index in [-0.39, 0.29) is 0 Å². The molecule has 0 fully saturated rings. The molecule has 5 radical (unpaired) electrons. The third kappa shape index (κ3) is 4.44. The molecule has 1 rings (SSSR count). The number of anilines is 1. The average Bonchev–Trinajstić information content (AvgIpc) is 2.39. The molecule has 47 valence electrons. The standard InChI is InChI=1S/C3H5N3S.B3/c1-4-3-5-2-6-7-3;1-3-2/h2H,1H3,(H,4,5,6);. The summed E-state index contributed by atoms with van der Waals surface area (Å²) in [4.78, 5) is 3.83. The molecule has 0 unspecified atom stereocenters. The van der Waals surface area contributed by atoms with Gasteiger partial charge < -0.3 is 5.32 Å². The van der Waals surface area contributed by atoms with E-state index in [0.717, 1.165) is 12.2 Å². The summed E-state index contributed by atoms with van der Waals surface area (Å²) in [6, 6.07) is 0. The van der Waals surface area contributed by atoms with Crippen molar-refractivity contribution in [3.8, 4) is 0 Å². The van der Waals surface area contributed by atoms with Gasteiger partial charge in [-0.25, -0.2) is 4.98 Å². The monoisotopic (exact) mass is 148 g/mol. The minimum absolute atomic E-state index is 0.861. The fourth-order valence-corrected chi connectivity index (χ4v) is 0.663. The fraction of sp³-hybridized carbons (Fsp3) is 0.333. The molecular formula is C3H5B3N3S. The summed E-state index contributed by atoms with van der Waals surface area (Å²) in [6.45, 7) is 0. The zero-order chi connectivity index (χ0) is 7.82. The van der Waals surface area contributed by atoms with Crippen molar-refractivity contribution in [3.05, 3.63) is 6.33 Å². The van der Waals surface area contributed by atoms with Crippen molar-refractivity contribution >= 4 is 39.2 Å². The Bertz CT molecular complexity index is 145. The van der Waals surface area contributed by atoms with Gasteiger partial charge in [-0.1, -0.05) is 0 Å². The zero-order valence-electron chi connectivity index (χ0n) is 5.61. The molecule has 0 aliphatic rings. The number of aromatic nitrogens is 2. The van der Waals surface area contributed by atoms with Crippen LogP contribution in [0, 0.1) is 0 Å². The molecular weight excluding hydrogens is 143 g/mol. The Morgan fingerprint density at radius 3 is 2.50 bits per heavy atom. The van der Waals surface area contributed by atoms with Gasteiger partial charge in [0.25, 0.3) is 0 Å². The van der Waals surface area contributed by atoms with Crippen LogP contribution in [0.1, 0.15) is 0 Å². The van der Waals surface area contributed by atoms with E-state index >= 15 is 0 Å². The second kappa shape index (κ2) is 6.67. The van der Waals surface area contributed by atoms with Crippen molar-refractivity contribution in [3.63, 3.8) is 0 Å². The fourth-order valence-electron chi connectivity index (χ4n) is 0.283. The number of nitrogens with one attached hydrogen (secondary N) is 1. The lowest BCUT2D eigenvalue weighted by atomic mass is 9.40. The minimum atomic E-state index is 0.861.